The molecule has 0 unspecified atom stereocenters. The van der Waals surface area contributed by atoms with Gasteiger partial charge in [0.25, 0.3) is 5.91 Å². The number of hydrogen-bond donors (Lipinski definition) is 0. The second kappa shape index (κ2) is 10.4. The molecule has 0 saturated carbocycles. The van der Waals surface area contributed by atoms with Crippen LogP contribution < -0.4 is 4.74 Å². The molecule has 4 rings (SSSR count). The number of ether oxygens (including phenoxy) is 1. The first-order chi connectivity index (χ1) is 16.3. The molecule has 2 aromatic carbocycles. The normalized spacial score (nSPS) is 15.2. The number of carbonyl (C=O) groups is 2. The maximum Gasteiger partial charge on any atom is 0.254 e. The summed E-state index contributed by atoms with van der Waals surface area (Å²) in [6.45, 7) is 4.34. The number of nitrogens with zero attached hydrogens (tertiary/aromatic N) is 2. The Morgan fingerprint density at radius 3 is 2.65 bits per heavy atom. The largest absolute Gasteiger partial charge is 0.497 e. The lowest BCUT2D eigenvalue weighted by Crippen LogP contribution is -2.48. The highest BCUT2D eigenvalue weighted by Crippen LogP contribution is 2.41. The molecule has 0 spiro atoms. The number of thiophene rings is 1. The van der Waals surface area contributed by atoms with Crippen LogP contribution in [0.1, 0.15) is 46.3 Å². The second-order valence-corrected chi connectivity index (χ2v) is 10.3. The Kier molecular flexibility index (Phi) is 7.51. The summed E-state index contributed by atoms with van der Waals surface area (Å²) in [6.07, 6.45) is 0.770. The van der Waals surface area contributed by atoms with Gasteiger partial charge in [-0.1, -0.05) is 35.3 Å². The van der Waals surface area contributed by atoms with E-state index in [1.807, 2.05) is 30.2 Å². The molecule has 34 heavy (non-hydrogen) atoms. The summed E-state index contributed by atoms with van der Waals surface area (Å²) < 4.78 is 5.26. The van der Waals surface area contributed by atoms with Crippen molar-refractivity contribution in [3.8, 4) is 5.75 Å². The van der Waals surface area contributed by atoms with E-state index in [2.05, 4.69) is 6.07 Å². The lowest BCUT2D eigenvalue weighted by Gasteiger charge is -2.38. The fourth-order valence-corrected chi connectivity index (χ4v) is 5.71. The quantitative estimate of drug-likeness (QED) is 0.398. The van der Waals surface area contributed by atoms with Crippen LogP contribution in [0.25, 0.3) is 0 Å². The molecule has 178 valence electrons. The molecule has 0 radical (unpaired) electrons. The van der Waals surface area contributed by atoms with Crippen LogP contribution in [0.2, 0.25) is 10.0 Å². The monoisotopic (exact) mass is 516 g/mol. The van der Waals surface area contributed by atoms with Crippen molar-refractivity contribution in [1.82, 2.24) is 9.80 Å². The van der Waals surface area contributed by atoms with Gasteiger partial charge in [-0.25, -0.2) is 0 Å². The Morgan fingerprint density at radius 2 is 1.94 bits per heavy atom. The minimum absolute atomic E-state index is 0.0328. The van der Waals surface area contributed by atoms with Gasteiger partial charge in [0.1, 0.15) is 12.3 Å². The summed E-state index contributed by atoms with van der Waals surface area (Å²) in [5, 5.41) is 3.10. The summed E-state index contributed by atoms with van der Waals surface area (Å²) in [7, 11) is 1.56. The molecule has 1 aliphatic heterocycles. The zero-order valence-corrected chi connectivity index (χ0v) is 21.6. The predicted octanol–water partition coefficient (Wildman–Crippen LogP) is 6.09. The van der Waals surface area contributed by atoms with Crippen LogP contribution in [-0.4, -0.2) is 47.9 Å². The van der Waals surface area contributed by atoms with E-state index in [1.54, 1.807) is 59.7 Å². The predicted molar refractivity (Wildman–Crippen MR) is 137 cm³/mol. The van der Waals surface area contributed by atoms with Crippen molar-refractivity contribution in [3.63, 3.8) is 0 Å². The molecule has 0 aliphatic carbocycles. The summed E-state index contributed by atoms with van der Waals surface area (Å²) in [5.41, 5.74) is 2.38. The van der Waals surface area contributed by atoms with Gasteiger partial charge in [0.15, 0.2) is 0 Å². The maximum absolute atomic E-state index is 13.7. The summed E-state index contributed by atoms with van der Waals surface area (Å²) in [4.78, 5) is 31.7. The zero-order valence-electron chi connectivity index (χ0n) is 19.3. The SMILES string of the molecule is COc1cccc(C(=O)N(CC(=O)N2CCc3sccc3[C@@H]2c2ccc(Cl)cc2Cl)C(C)C)c1. The van der Waals surface area contributed by atoms with Crippen LogP contribution in [-0.2, 0) is 11.2 Å². The molecular weight excluding hydrogens is 491 g/mol. The number of benzene rings is 2. The third-order valence-electron chi connectivity index (χ3n) is 6.05. The molecule has 0 fully saturated rings. The van der Waals surface area contributed by atoms with Crippen molar-refractivity contribution in [2.24, 2.45) is 0 Å². The molecule has 1 aromatic heterocycles. The molecule has 0 bridgehead atoms. The van der Waals surface area contributed by atoms with Crippen LogP contribution in [0.5, 0.6) is 5.75 Å². The van der Waals surface area contributed by atoms with Gasteiger partial charge in [-0.2, -0.15) is 0 Å². The lowest BCUT2D eigenvalue weighted by atomic mass is 9.93. The van der Waals surface area contributed by atoms with Gasteiger partial charge in [-0.15, -0.1) is 11.3 Å². The number of fused-ring (bicyclic) bond motifs is 1. The van der Waals surface area contributed by atoms with Crippen LogP contribution in [0, 0.1) is 0 Å². The van der Waals surface area contributed by atoms with Gasteiger partial charge < -0.3 is 14.5 Å². The average Bonchev–Trinajstić information content (AvgIpc) is 3.30. The van der Waals surface area contributed by atoms with Crippen LogP contribution >= 0.6 is 34.5 Å². The number of amides is 2. The molecule has 2 amide bonds. The Morgan fingerprint density at radius 1 is 1.15 bits per heavy atom. The Bertz CT molecular complexity index is 1210. The van der Waals surface area contributed by atoms with Gasteiger partial charge in [0.05, 0.1) is 13.2 Å². The third-order valence-corrected chi connectivity index (χ3v) is 7.61. The first-order valence-corrected chi connectivity index (χ1v) is 12.7. The Labute approximate surface area is 213 Å². The van der Waals surface area contributed by atoms with Crippen LogP contribution in [0.15, 0.2) is 53.9 Å². The summed E-state index contributed by atoms with van der Waals surface area (Å²) in [6, 6.07) is 13.9. The van der Waals surface area contributed by atoms with Crippen molar-refractivity contribution in [3.05, 3.63) is 85.5 Å². The van der Waals surface area contributed by atoms with Gasteiger partial charge in [-0.3, -0.25) is 9.59 Å². The highest BCUT2D eigenvalue weighted by molar-refractivity contribution is 7.10. The molecule has 3 aromatic rings. The number of hydrogen-bond acceptors (Lipinski definition) is 4. The fourth-order valence-electron chi connectivity index (χ4n) is 4.29. The Hall–Kier alpha value is -2.54. The number of methoxy groups -OCH3 is 1. The van der Waals surface area contributed by atoms with Crippen LogP contribution in [0.4, 0.5) is 0 Å². The van der Waals surface area contributed by atoms with Crippen molar-refractivity contribution >= 4 is 46.4 Å². The Balaban J connectivity index is 1.65. The molecule has 0 saturated heterocycles. The fraction of sp³-hybridized carbons (Fsp3) is 0.308. The number of rotatable bonds is 6. The van der Waals surface area contributed by atoms with E-state index < -0.39 is 0 Å². The zero-order chi connectivity index (χ0) is 24.4. The van der Waals surface area contributed by atoms with Crippen molar-refractivity contribution in [2.45, 2.75) is 32.4 Å². The van der Waals surface area contributed by atoms with E-state index in [0.29, 0.717) is 27.9 Å². The molecule has 5 nitrogen and oxygen atoms in total. The number of carbonyl (C=O) groups excluding carboxylic acids is 2. The third kappa shape index (κ3) is 4.95. The molecule has 1 atom stereocenters. The van der Waals surface area contributed by atoms with Gasteiger partial charge in [-0.05, 0) is 73.2 Å². The van der Waals surface area contributed by atoms with E-state index in [9.17, 15) is 9.59 Å². The molecule has 2 heterocycles. The molecular formula is C26H26Cl2N2O3S. The topological polar surface area (TPSA) is 49.9 Å². The minimum Gasteiger partial charge on any atom is -0.497 e. The van der Waals surface area contributed by atoms with Crippen molar-refractivity contribution in [1.29, 1.82) is 0 Å². The van der Waals surface area contributed by atoms with E-state index >= 15 is 0 Å². The first-order valence-electron chi connectivity index (χ1n) is 11.1. The van der Waals surface area contributed by atoms with Crippen molar-refractivity contribution < 1.29 is 14.3 Å². The van der Waals surface area contributed by atoms with E-state index in [4.69, 9.17) is 27.9 Å². The molecule has 1 aliphatic rings. The highest BCUT2D eigenvalue weighted by atomic mass is 35.5. The van der Waals surface area contributed by atoms with Crippen molar-refractivity contribution in [2.75, 3.05) is 20.2 Å². The summed E-state index contributed by atoms with van der Waals surface area (Å²) in [5.74, 6) is 0.258. The van der Waals surface area contributed by atoms with Crippen LogP contribution in [0.3, 0.4) is 0 Å². The average molecular weight is 517 g/mol. The van der Waals surface area contributed by atoms with E-state index in [-0.39, 0.29) is 30.4 Å². The first kappa shape index (κ1) is 24.6. The number of halogens is 2. The maximum atomic E-state index is 13.7. The second-order valence-electron chi connectivity index (χ2n) is 8.46. The van der Waals surface area contributed by atoms with E-state index in [0.717, 1.165) is 17.5 Å². The summed E-state index contributed by atoms with van der Waals surface area (Å²) >= 11 is 14.4. The smallest absolute Gasteiger partial charge is 0.254 e. The lowest BCUT2D eigenvalue weighted by molar-refractivity contribution is -0.134. The molecule has 0 N–H and O–H groups in total. The van der Waals surface area contributed by atoms with Gasteiger partial charge in [0, 0.05) is 33.1 Å². The minimum atomic E-state index is -0.326. The standard InChI is InChI=1S/C26H26Cl2N2O3S/c1-16(2)30(26(32)17-5-4-6-19(13-17)33-3)15-24(31)29-11-9-23-21(10-12-34-23)25(29)20-8-7-18(27)14-22(20)28/h4-8,10,12-14,16,25H,9,11,15H2,1-3H3/t25-/m0/s1. The van der Waals surface area contributed by atoms with Gasteiger partial charge in [0.2, 0.25) is 5.91 Å². The van der Waals surface area contributed by atoms with E-state index in [1.165, 1.54) is 4.88 Å². The highest BCUT2D eigenvalue weighted by Gasteiger charge is 2.35. The molecule has 8 heteroatoms. The van der Waals surface area contributed by atoms with Gasteiger partial charge >= 0.3 is 0 Å².